The summed E-state index contributed by atoms with van der Waals surface area (Å²) in [5, 5.41) is 0. The van der Waals surface area contributed by atoms with Crippen LogP contribution in [0.25, 0.3) is 22.4 Å². The molecule has 5 nitrogen and oxygen atoms in total. The fourth-order valence-corrected chi connectivity index (χ4v) is 2.30. The highest BCUT2D eigenvalue weighted by Gasteiger charge is 2.15. The van der Waals surface area contributed by atoms with Gasteiger partial charge in [-0.1, -0.05) is 0 Å². The molecule has 1 N–H and O–H groups in total. The molecule has 1 aliphatic heterocycles. The number of benzene rings is 2. The van der Waals surface area contributed by atoms with Crippen LogP contribution in [-0.2, 0) is 0 Å². The number of fused-ring (bicyclic) bond motifs is 2. The van der Waals surface area contributed by atoms with Crippen molar-refractivity contribution in [2.45, 2.75) is 0 Å². The summed E-state index contributed by atoms with van der Waals surface area (Å²) >= 11 is 0. The Bertz CT molecular complexity index is 795. The Morgan fingerprint density at radius 1 is 1.10 bits per heavy atom. The van der Waals surface area contributed by atoms with Crippen molar-refractivity contribution in [1.82, 2.24) is 9.97 Å². The minimum Gasteiger partial charge on any atom is -0.497 e. The van der Waals surface area contributed by atoms with Crippen molar-refractivity contribution in [2.75, 3.05) is 13.9 Å². The third-order valence-electron chi connectivity index (χ3n) is 3.34. The van der Waals surface area contributed by atoms with Gasteiger partial charge in [0.25, 0.3) is 0 Å². The molecule has 1 aromatic heterocycles. The van der Waals surface area contributed by atoms with Gasteiger partial charge in [0, 0.05) is 11.6 Å². The average Bonchev–Trinajstić information content (AvgIpc) is 3.11. The molecule has 2 aromatic carbocycles. The van der Waals surface area contributed by atoms with Crippen LogP contribution in [0.4, 0.5) is 0 Å². The molecule has 0 bridgehead atoms. The number of ether oxygens (including phenoxy) is 3. The normalized spacial score (nSPS) is 12.8. The second-order valence-corrected chi connectivity index (χ2v) is 4.54. The van der Waals surface area contributed by atoms with Crippen molar-refractivity contribution in [2.24, 2.45) is 0 Å². The monoisotopic (exact) mass is 268 g/mol. The first-order valence-corrected chi connectivity index (χ1v) is 6.27. The first kappa shape index (κ1) is 11.2. The molecule has 3 aromatic rings. The number of aromatic nitrogens is 2. The van der Waals surface area contributed by atoms with Crippen LogP contribution in [0.1, 0.15) is 0 Å². The predicted octanol–water partition coefficient (Wildman–Crippen LogP) is 2.97. The molecule has 0 unspecified atom stereocenters. The van der Waals surface area contributed by atoms with Gasteiger partial charge in [-0.3, -0.25) is 0 Å². The molecule has 2 heterocycles. The molecule has 0 aliphatic carbocycles. The first-order valence-electron chi connectivity index (χ1n) is 6.27. The van der Waals surface area contributed by atoms with Crippen LogP contribution in [-0.4, -0.2) is 23.9 Å². The van der Waals surface area contributed by atoms with Crippen molar-refractivity contribution in [3.8, 4) is 28.6 Å². The first-order chi connectivity index (χ1) is 9.83. The van der Waals surface area contributed by atoms with Crippen molar-refractivity contribution in [3.05, 3.63) is 36.4 Å². The zero-order valence-electron chi connectivity index (χ0n) is 10.8. The van der Waals surface area contributed by atoms with Gasteiger partial charge in [0.2, 0.25) is 6.79 Å². The van der Waals surface area contributed by atoms with Crippen LogP contribution in [0, 0.1) is 0 Å². The highest BCUT2D eigenvalue weighted by Crippen LogP contribution is 2.35. The third kappa shape index (κ3) is 1.67. The van der Waals surface area contributed by atoms with Gasteiger partial charge >= 0.3 is 0 Å². The molecule has 0 amide bonds. The van der Waals surface area contributed by atoms with Gasteiger partial charge in [0.05, 0.1) is 18.1 Å². The number of nitrogens with one attached hydrogen (secondary N) is 1. The summed E-state index contributed by atoms with van der Waals surface area (Å²) in [4.78, 5) is 7.87. The van der Waals surface area contributed by atoms with E-state index in [0.29, 0.717) is 0 Å². The minimum absolute atomic E-state index is 0.274. The van der Waals surface area contributed by atoms with Gasteiger partial charge in [-0.25, -0.2) is 4.98 Å². The Balaban J connectivity index is 1.81. The molecule has 4 rings (SSSR count). The summed E-state index contributed by atoms with van der Waals surface area (Å²) in [6.45, 7) is 0.274. The highest BCUT2D eigenvalue weighted by atomic mass is 16.7. The van der Waals surface area contributed by atoms with E-state index in [4.69, 9.17) is 14.2 Å². The molecule has 0 atom stereocenters. The molecule has 1 aliphatic rings. The molecule has 0 saturated carbocycles. The van der Waals surface area contributed by atoms with Crippen LogP contribution >= 0.6 is 0 Å². The molecule has 20 heavy (non-hydrogen) atoms. The molecule has 5 heteroatoms. The van der Waals surface area contributed by atoms with Gasteiger partial charge in [0.15, 0.2) is 11.5 Å². The fourth-order valence-electron chi connectivity index (χ4n) is 2.30. The number of hydrogen-bond donors (Lipinski definition) is 1. The molecule has 0 spiro atoms. The quantitative estimate of drug-likeness (QED) is 0.776. The van der Waals surface area contributed by atoms with E-state index in [2.05, 4.69) is 9.97 Å². The average molecular weight is 268 g/mol. The summed E-state index contributed by atoms with van der Waals surface area (Å²) in [5.41, 5.74) is 2.81. The maximum absolute atomic E-state index is 5.39. The Kier molecular flexibility index (Phi) is 2.32. The molecule has 0 fully saturated rings. The SMILES string of the molecule is COc1ccc2nc(-c3ccc4c(c3)OCO4)[nH]c2c1. The summed E-state index contributed by atoms with van der Waals surface area (Å²) in [6, 6.07) is 11.5. The maximum Gasteiger partial charge on any atom is 0.231 e. The van der Waals surface area contributed by atoms with E-state index < -0.39 is 0 Å². The van der Waals surface area contributed by atoms with E-state index in [1.165, 1.54) is 0 Å². The van der Waals surface area contributed by atoms with Gasteiger partial charge in [-0.15, -0.1) is 0 Å². The maximum atomic E-state index is 5.39. The molecular weight excluding hydrogens is 256 g/mol. The highest BCUT2D eigenvalue weighted by molar-refractivity contribution is 5.81. The van der Waals surface area contributed by atoms with E-state index in [1.807, 2.05) is 36.4 Å². The Hall–Kier alpha value is -2.69. The Morgan fingerprint density at radius 3 is 2.90 bits per heavy atom. The number of hydrogen-bond acceptors (Lipinski definition) is 4. The van der Waals surface area contributed by atoms with Crippen molar-refractivity contribution >= 4 is 11.0 Å². The topological polar surface area (TPSA) is 56.4 Å². The molecule has 0 saturated heterocycles. The zero-order valence-corrected chi connectivity index (χ0v) is 10.8. The number of aromatic amines is 1. The van der Waals surface area contributed by atoms with Crippen molar-refractivity contribution in [1.29, 1.82) is 0 Å². The standard InChI is InChI=1S/C15H12N2O3/c1-18-10-3-4-11-12(7-10)17-15(16-11)9-2-5-13-14(6-9)20-8-19-13/h2-7H,8H2,1H3,(H,16,17). The number of H-pyrrole nitrogens is 1. The summed E-state index contributed by atoms with van der Waals surface area (Å²) in [6.07, 6.45) is 0. The van der Waals surface area contributed by atoms with Crippen molar-refractivity contribution in [3.63, 3.8) is 0 Å². The lowest BCUT2D eigenvalue weighted by Gasteiger charge is -1.99. The van der Waals surface area contributed by atoms with E-state index in [9.17, 15) is 0 Å². The van der Waals surface area contributed by atoms with Crippen LogP contribution in [0.5, 0.6) is 17.2 Å². The van der Waals surface area contributed by atoms with E-state index >= 15 is 0 Å². The van der Waals surface area contributed by atoms with Gasteiger partial charge in [0.1, 0.15) is 11.6 Å². The van der Waals surface area contributed by atoms with Crippen LogP contribution in [0.2, 0.25) is 0 Å². The van der Waals surface area contributed by atoms with Crippen molar-refractivity contribution < 1.29 is 14.2 Å². The number of nitrogens with zero attached hydrogens (tertiary/aromatic N) is 1. The van der Waals surface area contributed by atoms with Gasteiger partial charge in [-0.05, 0) is 30.3 Å². The lowest BCUT2D eigenvalue weighted by Crippen LogP contribution is -1.92. The largest absolute Gasteiger partial charge is 0.497 e. The van der Waals surface area contributed by atoms with Crippen LogP contribution in [0.3, 0.4) is 0 Å². The third-order valence-corrected chi connectivity index (χ3v) is 3.34. The smallest absolute Gasteiger partial charge is 0.231 e. The summed E-state index contributed by atoms with van der Waals surface area (Å²) in [5.74, 6) is 3.12. The number of methoxy groups -OCH3 is 1. The van der Waals surface area contributed by atoms with Gasteiger partial charge < -0.3 is 19.2 Å². The molecular formula is C15H12N2O3. The summed E-state index contributed by atoms with van der Waals surface area (Å²) < 4.78 is 15.9. The number of imidazole rings is 1. The molecule has 100 valence electrons. The number of rotatable bonds is 2. The second kappa shape index (κ2) is 4.16. The fraction of sp³-hybridized carbons (Fsp3) is 0.133. The summed E-state index contributed by atoms with van der Waals surface area (Å²) in [7, 11) is 1.65. The van der Waals surface area contributed by atoms with E-state index in [1.54, 1.807) is 7.11 Å². The van der Waals surface area contributed by atoms with E-state index in [-0.39, 0.29) is 6.79 Å². The lowest BCUT2D eigenvalue weighted by molar-refractivity contribution is 0.174. The molecule has 0 radical (unpaired) electrons. The lowest BCUT2D eigenvalue weighted by atomic mass is 10.2. The zero-order chi connectivity index (χ0) is 13.5. The minimum atomic E-state index is 0.274. The van der Waals surface area contributed by atoms with Crippen LogP contribution < -0.4 is 14.2 Å². The Labute approximate surface area is 115 Å². The predicted molar refractivity (Wildman–Crippen MR) is 74.2 cm³/mol. The second-order valence-electron chi connectivity index (χ2n) is 4.54. The van der Waals surface area contributed by atoms with Crippen LogP contribution in [0.15, 0.2) is 36.4 Å². The van der Waals surface area contributed by atoms with Gasteiger partial charge in [-0.2, -0.15) is 0 Å². The Morgan fingerprint density at radius 2 is 2.00 bits per heavy atom. The van der Waals surface area contributed by atoms with E-state index in [0.717, 1.165) is 39.7 Å².